The van der Waals surface area contributed by atoms with Gasteiger partial charge in [0.2, 0.25) is 0 Å². The largest absolute Gasteiger partial charge is 0.508 e. The number of aromatic amines is 2. The minimum absolute atomic E-state index is 0.169. The van der Waals surface area contributed by atoms with E-state index in [2.05, 4.69) is 43.8 Å². The van der Waals surface area contributed by atoms with Crippen molar-refractivity contribution in [3.8, 4) is 28.7 Å². The van der Waals surface area contributed by atoms with Gasteiger partial charge in [-0.15, -0.1) is 0 Å². The molecule has 2 aromatic carbocycles. The molecule has 0 aliphatic carbocycles. The number of phenolic OH excluding ortho intramolecular Hbond substituents is 1. The maximum absolute atomic E-state index is 12.8. The van der Waals surface area contributed by atoms with Gasteiger partial charge in [0.15, 0.2) is 21.8 Å². The number of aromatic hydroxyl groups is 1. The molecule has 1 unspecified atom stereocenters. The SMILES string of the molecule is CCCCOc1ccnc(CSc2nc3cc4c(cc3[nH]2)OCCO4)c1C.COCCCOc1ccnc(CS(=O)c2nc3cc(O)c(C)cc3[nH]2)c1C. The number of phenols is 1. The summed E-state index contributed by atoms with van der Waals surface area (Å²) in [5.41, 5.74) is 7.57. The number of H-pyrrole nitrogens is 2. The first-order chi connectivity index (χ1) is 26.2. The molecule has 6 aromatic rings. The van der Waals surface area contributed by atoms with Crippen molar-refractivity contribution in [3.05, 3.63) is 76.9 Å². The molecule has 1 atom stereocenters. The molecule has 13 nitrogen and oxygen atoms in total. The topological polar surface area (TPSA) is 167 Å². The fraction of sp³-hybridized carbons (Fsp3) is 0.385. The molecule has 0 spiro atoms. The molecule has 0 radical (unpaired) electrons. The first-order valence-electron chi connectivity index (χ1n) is 17.9. The van der Waals surface area contributed by atoms with E-state index >= 15 is 0 Å². The van der Waals surface area contributed by atoms with E-state index < -0.39 is 10.8 Å². The van der Waals surface area contributed by atoms with Gasteiger partial charge in [-0.05, 0) is 51.0 Å². The molecule has 5 heterocycles. The van der Waals surface area contributed by atoms with Gasteiger partial charge in [-0.1, -0.05) is 25.1 Å². The maximum Gasteiger partial charge on any atom is 0.197 e. The molecule has 15 heteroatoms. The van der Waals surface area contributed by atoms with Gasteiger partial charge in [-0.3, -0.25) is 14.2 Å². The summed E-state index contributed by atoms with van der Waals surface area (Å²) in [5.74, 6) is 4.30. The fourth-order valence-corrected chi connectivity index (χ4v) is 7.60. The normalized spacial score (nSPS) is 12.8. The van der Waals surface area contributed by atoms with Crippen molar-refractivity contribution >= 4 is 44.6 Å². The smallest absolute Gasteiger partial charge is 0.197 e. The number of aryl methyl sites for hydroxylation is 1. The lowest BCUT2D eigenvalue weighted by Crippen LogP contribution is -2.15. The van der Waals surface area contributed by atoms with Gasteiger partial charge >= 0.3 is 0 Å². The number of ether oxygens (including phenoxy) is 5. The van der Waals surface area contributed by atoms with Crippen molar-refractivity contribution in [2.45, 2.75) is 68.8 Å². The number of hydrogen-bond donors (Lipinski definition) is 3. The summed E-state index contributed by atoms with van der Waals surface area (Å²) in [5, 5.41) is 11.0. The standard InChI is InChI=1S/C20H23N3O3S.C19H23N3O4S/c1-3-4-7-24-17-5-6-21-16(13(17)2)12-27-20-22-14-10-18-19(11-15(14)23-20)26-9-8-25-18;1-12-9-14-15(10-17(12)23)22-19(21-14)27(24)11-16-13(2)18(5-6-20-16)26-8-4-7-25-3/h5-6,10-11H,3-4,7-9,12H2,1-2H3,(H,22,23);5-6,9-10,23H,4,7-8,11H2,1-3H3,(H,21,22). The lowest BCUT2D eigenvalue weighted by Gasteiger charge is -2.17. The summed E-state index contributed by atoms with van der Waals surface area (Å²) in [6.45, 7) is 11.0. The van der Waals surface area contributed by atoms with Crippen LogP contribution in [0.25, 0.3) is 22.1 Å². The second-order valence-electron chi connectivity index (χ2n) is 12.7. The average molecular weight is 775 g/mol. The molecule has 1 aliphatic heterocycles. The lowest BCUT2D eigenvalue weighted by atomic mass is 10.2. The quantitative estimate of drug-likeness (QED) is 0.0695. The molecule has 1 aliphatic rings. The van der Waals surface area contributed by atoms with E-state index in [0.29, 0.717) is 42.8 Å². The zero-order valence-electron chi connectivity index (χ0n) is 31.2. The van der Waals surface area contributed by atoms with Crippen LogP contribution in [-0.2, 0) is 27.0 Å². The van der Waals surface area contributed by atoms with Crippen molar-refractivity contribution in [2.75, 3.05) is 40.1 Å². The summed E-state index contributed by atoms with van der Waals surface area (Å²) in [6.07, 6.45) is 6.45. The molecular weight excluding hydrogens is 729 g/mol. The number of unbranched alkanes of at least 4 members (excludes halogenated alkanes) is 1. The second kappa shape index (κ2) is 18.5. The van der Waals surface area contributed by atoms with E-state index in [1.54, 1.807) is 50.2 Å². The number of nitrogens with zero attached hydrogens (tertiary/aromatic N) is 4. The monoisotopic (exact) mass is 774 g/mol. The summed E-state index contributed by atoms with van der Waals surface area (Å²) in [7, 11) is 0.265. The van der Waals surface area contributed by atoms with Crippen LogP contribution in [0.5, 0.6) is 28.7 Å². The first kappa shape index (κ1) is 38.9. The van der Waals surface area contributed by atoms with Crippen LogP contribution in [0.4, 0.5) is 0 Å². The number of rotatable bonds is 15. The molecule has 4 aromatic heterocycles. The highest BCUT2D eigenvalue weighted by molar-refractivity contribution is 7.98. The van der Waals surface area contributed by atoms with Crippen molar-refractivity contribution in [2.24, 2.45) is 0 Å². The van der Waals surface area contributed by atoms with Gasteiger partial charge in [0, 0.05) is 67.6 Å². The lowest BCUT2D eigenvalue weighted by molar-refractivity contribution is 0.172. The van der Waals surface area contributed by atoms with Crippen LogP contribution in [0.15, 0.2) is 59.1 Å². The van der Waals surface area contributed by atoms with Gasteiger partial charge < -0.3 is 38.8 Å². The van der Waals surface area contributed by atoms with Gasteiger partial charge in [0.1, 0.15) is 30.5 Å². The number of hydrogen-bond acceptors (Lipinski definition) is 12. The van der Waals surface area contributed by atoms with Crippen LogP contribution < -0.4 is 18.9 Å². The van der Waals surface area contributed by atoms with Gasteiger partial charge in [0.25, 0.3) is 0 Å². The van der Waals surface area contributed by atoms with E-state index in [4.69, 9.17) is 23.7 Å². The third-order valence-electron chi connectivity index (χ3n) is 8.75. The average Bonchev–Trinajstić information content (AvgIpc) is 3.77. The van der Waals surface area contributed by atoms with Gasteiger partial charge in [-0.25, -0.2) is 9.97 Å². The second-order valence-corrected chi connectivity index (χ2v) is 15.0. The molecule has 7 rings (SSSR count). The van der Waals surface area contributed by atoms with E-state index in [1.807, 2.05) is 31.3 Å². The minimum atomic E-state index is -1.39. The number of thioether (sulfide) groups is 1. The third kappa shape index (κ3) is 9.62. The molecule has 54 heavy (non-hydrogen) atoms. The molecule has 286 valence electrons. The summed E-state index contributed by atoms with van der Waals surface area (Å²) in [4.78, 5) is 24.3. The number of imidazole rings is 2. The predicted octanol–water partition coefficient (Wildman–Crippen LogP) is 7.51. The molecule has 0 amide bonds. The zero-order chi connectivity index (χ0) is 38.0. The summed E-state index contributed by atoms with van der Waals surface area (Å²) >= 11 is 1.63. The van der Waals surface area contributed by atoms with Crippen LogP contribution in [-0.4, -0.2) is 79.4 Å². The number of aromatic nitrogens is 6. The Morgan fingerprint density at radius 1 is 0.833 bits per heavy atom. The Bertz CT molecular complexity index is 2140. The van der Waals surface area contributed by atoms with Crippen molar-refractivity contribution in [3.63, 3.8) is 0 Å². The minimum Gasteiger partial charge on any atom is -0.508 e. The van der Waals surface area contributed by atoms with Crippen molar-refractivity contribution in [1.82, 2.24) is 29.9 Å². The Hall–Kier alpha value is -4.86. The Labute approximate surface area is 321 Å². The highest BCUT2D eigenvalue weighted by Crippen LogP contribution is 2.35. The predicted molar refractivity (Wildman–Crippen MR) is 210 cm³/mol. The summed E-state index contributed by atoms with van der Waals surface area (Å²) in [6, 6.07) is 11.0. The molecular formula is C39H46N6O7S2. The zero-order valence-corrected chi connectivity index (χ0v) is 32.8. The Kier molecular flexibility index (Phi) is 13.3. The first-order valence-corrected chi connectivity index (χ1v) is 20.2. The van der Waals surface area contributed by atoms with Crippen molar-refractivity contribution in [1.29, 1.82) is 0 Å². The fourth-order valence-electron chi connectivity index (χ4n) is 5.59. The van der Waals surface area contributed by atoms with E-state index in [0.717, 1.165) is 98.7 Å². The molecule has 0 saturated carbocycles. The number of nitrogens with one attached hydrogen (secondary N) is 2. The number of fused-ring (bicyclic) bond motifs is 3. The molecule has 0 saturated heterocycles. The van der Waals surface area contributed by atoms with Crippen LogP contribution >= 0.6 is 11.8 Å². The number of benzene rings is 2. The van der Waals surface area contributed by atoms with Crippen LogP contribution in [0, 0.1) is 20.8 Å². The molecule has 0 fully saturated rings. The van der Waals surface area contributed by atoms with Crippen LogP contribution in [0.2, 0.25) is 0 Å². The van der Waals surface area contributed by atoms with E-state index in [9.17, 15) is 9.32 Å². The number of pyridine rings is 2. The highest BCUT2D eigenvalue weighted by Gasteiger charge is 2.17. The summed E-state index contributed by atoms with van der Waals surface area (Å²) < 4.78 is 40.7. The van der Waals surface area contributed by atoms with E-state index in [1.165, 1.54) is 0 Å². The van der Waals surface area contributed by atoms with Crippen LogP contribution in [0.3, 0.4) is 0 Å². The van der Waals surface area contributed by atoms with Gasteiger partial charge in [-0.2, -0.15) is 0 Å². The van der Waals surface area contributed by atoms with E-state index in [-0.39, 0.29) is 11.5 Å². The Morgan fingerprint density at radius 3 is 2.20 bits per heavy atom. The van der Waals surface area contributed by atoms with Gasteiger partial charge in [0.05, 0.1) is 63.2 Å². The Balaban J connectivity index is 0.000000184. The maximum atomic E-state index is 12.8. The van der Waals surface area contributed by atoms with Crippen molar-refractivity contribution < 1.29 is 33.0 Å². The van der Waals surface area contributed by atoms with Crippen LogP contribution in [0.1, 0.15) is 54.3 Å². The Morgan fingerprint density at radius 2 is 1.48 bits per heavy atom. The molecule has 0 bridgehead atoms. The third-order valence-corrected chi connectivity index (χ3v) is 10.8. The molecule has 3 N–H and O–H groups in total. The highest BCUT2D eigenvalue weighted by atomic mass is 32.2. The number of methoxy groups -OCH3 is 1.